The smallest absolute Gasteiger partial charge is 0.0881 e. The fraction of sp³-hybridized carbons (Fsp3) is 0.0909. The monoisotopic (exact) mass is 258 g/mol. The number of pyridine rings is 1. The van der Waals surface area contributed by atoms with E-state index in [0.29, 0.717) is 20.8 Å². The quantitative estimate of drug-likeness (QED) is 0.723. The lowest BCUT2D eigenvalue weighted by Gasteiger charge is -2.12. The first-order chi connectivity index (χ1) is 7.20. The standard InChI is InChI=1S/C11H7Cl3N/c12-8-4-2-1-3-7(8)11-10(14)9(13)5-6-15-11/h2-6H,1H2. The number of nitrogens with zero attached hydrogens (tertiary/aromatic N) is 1. The van der Waals surface area contributed by atoms with Crippen LogP contribution < -0.4 is 0 Å². The Hall–Kier alpha value is -0.500. The molecule has 0 atom stereocenters. The van der Waals surface area contributed by atoms with Crippen LogP contribution in [0, 0.1) is 6.42 Å². The molecule has 0 saturated heterocycles. The predicted molar refractivity (Wildman–Crippen MR) is 65.1 cm³/mol. The van der Waals surface area contributed by atoms with Crippen LogP contribution in [0.5, 0.6) is 0 Å². The topological polar surface area (TPSA) is 12.9 Å². The summed E-state index contributed by atoms with van der Waals surface area (Å²) in [7, 11) is 0. The highest BCUT2D eigenvalue weighted by Crippen LogP contribution is 2.35. The van der Waals surface area contributed by atoms with Gasteiger partial charge < -0.3 is 0 Å². The maximum absolute atomic E-state index is 6.06. The van der Waals surface area contributed by atoms with Crippen molar-refractivity contribution < 1.29 is 0 Å². The van der Waals surface area contributed by atoms with Crippen LogP contribution in [-0.2, 0) is 0 Å². The molecule has 77 valence electrons. The summed E-state index contributed by atoms with van der Waals surface area (Å²) in [6, 6.07) is 1.65. The molecule has 1 aliphatic rings. The second kappa shape index (κ2) is 4.56. The summed E-state index contributed by atoms with van der Waals surface area (Å²) in [6.45, 7) is 0. The van der Waals surface area contributed by atoms with E-state index < -0.39 is 0 Å². The Morgan fingerprint density at radius 3 is 2.73 bits per heavy atom. The van der Waals surface area contributed by atoms with Gasteiger partial charge in [-0.1, -0.05) is 40.9 Å². The Bertz CT molecular complexity index is 449. The molecule has 1 heterocycles. The van der Waals surface area contributed by atoms with Crippen LogP contribution in [0.3, 0.4) is 0 Å². The average Bonchev–Trinajstić information content (AvgIpc) is 2.23. The summed E-state index contributed by atoms with van der Waals surface area (Å²) in [5.41, 5.74) is 1.48. The summed E-state index contributed by atoms with van der Waals surface area (Å²) >= 11 is 18.0. The normalized spacial score (nSPS) is 15.9. The van der Waals surface area contributed by atoms with Crippen molar-refractivity contribution in [2.24, 2.45) is 0 Å². The summed E-state index contributed by atoms with van der Waals surface area (Å²) in [4.78, 5) is 4.19. The van der Waals surface area contributed by atoms with Crippen LogP contribution >= 0.6 is 34.8 Å². The molecule has 4 heteroatoms. The number of halogens is 3. The number of rotatable bonds is 1. The van der Waals surface area contributed by atoms with Gasteiger partial charge in [0.15, 0.2) is 0 Å². The van der Waals surface area contributed by atoms with Gasteiger partial charge in [-0.25, -0.2) is 0 Å². The second-order valence-electron chi connectivity index (χ2n) is 3.06. The fourth-order valence-electron chi connectivity index (χ4n) is 1.36. The van der Waals surface area contributed by atoms with E-state index in [-0.39, 0.29) is 0 Å². The molecule has 0 unspecified atom stereocenters. The summed E-state index contributed by atoms with van der Waals surface area (Å²) in [5.74, 6) is 0. The van der Waals surface area contributed by atoms with E-state index in [1.807, 2.05) is 18.6 Å². The van der Waals surface area contributed by atoms with E-state index in [4.69, 9.17) is 34.8 Å². The van der Waals surface area contributed by atoms with Crippen molar-refractivity contribution in [3.05, 3.63) is 51.6 Å². The minimum atomic E-state index is 0.443. The van der Waals surface area contributed by atoms with E-state index in [2.05, 4.69) is 4.98 Å². The highest BCUT2D eigenvalue weighted by Gasteiger charge is 2.15. The molecule has 0 fully saturated rings. The Morgan fingerprint density at radius 1 is 1.20 bits per heavy atom. The molecule has 1 radical (unpaired) electrons. The number of hydrogen-bond acceptors (Lipinski definition) is 1. The Balaban J connectivity index is 2.54. The fourth-order valence-corrected chi connectivity index (χ4v) is 1.98. The minimum Gasteiger partial charge on any atom is -0.255 e. The van der Waals surface area contributed by atoms with Crippen molar-refractivity contribution in [2.45, 2.75) is 6.42 Å². The van der Waals surface area contributed by atoms with Gasteiger partial charge in [-0.3, -0.25) is 4.98 Å². The maximum Gasteiger partial charge on any atom is 0.0881 e. The molecule has 0 saturated carbocycles. The third-order valence-corrected chi connectivity index (χ3v) is 3.20. The Kier molecular flexibility index (Phi) is 3.35. The van der Waals surface area contributed by atoms with Crippen molar-refractivity contribution >= 4 is 40.4 Å². The van der Waals surface area contributed by atoms with Gasteiger partial charge in [0.05, 0.1) is 15.7 Å². The molecule has 15 heavy (non-hydrogen) atoms. The van der Waals surface area contributed by atoms with E-state index in [1.165, 1.54) is 0 Å². The van der Waals surface area contributed by atoms with Gasteiger partial charge in [0, 0.05) is 16.8 Å². The largest absolute Gasteiger partial charge is 0.255 e. The highest BCUT2D eigenvalue weighted by molar-refractivity contribution is 6.43. The van der Waals surface area contributed by atoms with Crippen molar-refractivity contribution in [3.8, 4) is 0 Å². The number of hydrogen-bond donors (Lipinski definition) is 0. The molecule has 1 aromatic rings. The summed E-state index contributed by atoms with van der Waals surface area (Å²) in [5, 5.41) is 1.57. The van der Waals surface area contributed by atoms with Crippen molar-refractivity contribution in [3.63, 3.8) is 0 Å². The van der Waals surface area contributed by atoms with Crippen LogP contribution in [0.2, 0.25) is 10.0 Å². The molecule has 0 spiro atoms. The predicted octanol–water partition coefficient (Wildman–Crippen LogP) is 4.50. The highest BCUT2D eigenvalue weighted by atomic mass is 35.5. The van der Waals surface area contributed by atoms with Crippen molar-refractivity contribution in [1.29, 1.82) is 0 Å². The molecule has 1 aliphatic carbocycles. The molecular formula is C11H7Cl3N. The van der Waals surface area contributed by atoms with E-state index >= 15 is 0 Å². The minimum absolute atomic E-state index is 0.443. The van der Waals surface area contributed by atoms with E-state index in [0.717, 1.165) is 12.0 Å². The Labute approximate surface area is 103 Å². The molecule has 0 aliphatic heterocycles. The first kappa shape index (κ1) is 11.0. The summed E-state index contributed by atoms with van der Waals surface area (Å²) < 4.78 is 0. The Morgan fingerprint density at radius 2 is 2.00 bits per heavy atom. The lowest BCUT2D eigenvalue weighted by atomic mass is 10.0. The zero-order chi connectivity index (χ0) is 10.8. The van der Waals surface area contributed by atoms with Gasteiger partial charge >= 0.3 is 0 Å². The van der Waals surface area contributed by atoms with Gasteiger partial charge in [0.1, 0.15) is 0 Å². The lowest BCUT2D eigenvalue weighted by molar-refractivity contribution is 1.21. The first-order valence-corrected chi connectivity index (χ1v) is 5.53. The zero-order valence-corrected chi connectivity index (χ0v) is 9.94. The van der Waals surface area contributed by atoms with Gasteiger partial charge in [-0.15, -0.1) is 0 Å². The van der Waals surface area contributed by atoms with Gasteiger partial charge in [-0.2, -0.15) is 0 Å². The van der Waals surface area contributed by atoms with Crippen LogP contribution in [0.4, 0.5) is 0 Å². The zero-order valence-electron chi connectivity index (χ0n) is 7.67. The van der Waals surface area contributed by atoms with Crippen LogP contribution in [-0.4, -0.2) is 4.98 Å². The SMILES string of the molecule is ClC1=C(c2nccc(Cl)c2Cl)[CH]CC=C1. The molecule has 0 aromatic carbocycles. The maximum atomic E-state index is 6.06. The third kappa shape index (κ3) is 2.20. The first-order valence-electron chi connectivity index (χ1n) is 4.40. The van der Waals surface area contributed by atoms with Crippen LogP contribution in [0.1, 0.15) is 12.1 Å². The lowest BCUT2D eigenvalue weighted by Crippen LogP contribution is -1.96. The van der Waals surface area contributed by atoms with Gasteiger partial charge in [-0.05, 0) is 25.0 Å². The van der Waals surface area contributed by atoms with E-state index in [9.17, 15) is 0 Å². The van der Waals surface area contributed by atoms with Crippen molar-refractivity contribution in [1.82, 2.24) is 4.98 Å². The second-order valence-corrected chi connectivity index (χ2v) is 4.25. The average molecular weight is 260 g/mol. The summed E-state index contributed by atoms with van der Waals surface area (Å²) in [6.07, 6.45) is 8.25. The van der Waals surface area contributed by atoms with E-state index in [1.54, 1.807) is 12.3 Å². The van der Waals surface area contributed by atoms with Gasteiger partial charge in [0.2, 0.25) is 0 Å². The molecule has 1 aromatic heterocycles. The van der Waals surface area contributed by atoms with Crippen molar-refractivity contribution in [2.75, 3.05) is 0 Å². The molecular weight excluding hydrogens is 252 g/mol. The molecule has 2 rings (SSSR count). The van der Waals surface area contributed by atoms with Crippen LogP contribution in [0.25, 0.3) is 5.57 Å². The number of allylic oxidation sites excluding steroid dienone is 4. The molecule has 0 amide bonds. The third-order valence-electron chi connectivity index (χ3n) is 2.08. The van der Waals surface area contributed by atoms with Crippen LogP contribution in [0.15, 0.2) is 29.4 Å². The van der Waals surface area contributed by atoms with Gasteiger partial charge in [0.25, 0.3) is 0 Å². The molecule has 1 nitrogen and oxygen atoms in total. The molecule has 0 bridgehead atoms. The number of aromatic nitrogens is 1. The molecule has 0 N–H and O–H groups in total.